The molecule has 152 valence electrons. The van der Waals surface area contributed by atoms with Gasteiger partial charge in [0.1, 0.15) is 0 Å². The molecule has 0 unspecified atom stereocenters. The summed E-state index contributed by atoms with van der Waals surface area (Å²) >= 11 is 0. The zero-order valence-corrected chi connectivity index (χ0v) is 18.3. The van der Waals surface area contributed by atoms with Crippen LogP contribution in [0.3, 0.4) is 0 Å². The monoisotopic (exact) mass is 444 g/mol. The van der Waals surface area contributed by atoms with Crippen molar-refractivity contribution in [1.82, 2.24) is 15.5 Å². The third kappa shape index (κ3) is 6.03. The Bertz CT molecular complexity index is 490. The molecule has 3 aliphatic heterocycles. The van der Waals surface area contributed by atoms with Gasteiger partial charge in [0, 0.05) is 50.5 Å². The van der Waals surface area contributed by atoms with Gasteiger partial charge in [-0.2, -0.15) is 0 Å². The molecular weight excluding hydrogens is 414 g/mol. The van der Waals surface area contributed by atoms with Crippen LogP contribution in [0.15, 0.2) is 24.3 Å². The largest absolute Gasteiger partial charge is 0.370 e. The summed E-state index contributed by atoms with van der Waals surface area (Å²) in [7, 11) is 0. The van der Waals surface area contributed by atoms with Crippen LogP contribution in [0.1, 0.15) is 30.9 Å². The third-order valence-corrected chi connectivity index (χ3v) is 5.52. The van der Waals surface area contributed by atoms with Gasteiger partial charge in [0.25, 0.3) is 0 Å². The lowest BCUT2D eigenvalue weighted by atomic mass is 10.0. The van der Waals surface area contributed by atoms with Gasteiger partial charge < -0.3 is 15.5 Å². The van der Waals surface area contributed by atoms with Crippen molar-refractivity contribution in [2.24, 2.45) is 0 Å². The Kier molecular flexibility index (Phi) is 12.5. The van der Waals surface area contributed by atoms with Crippen LogP contribution < -0.4 is 15.5 Å². The molecule has 3 fully saturated rings. The van der Waals surface area contributed by atoms with E-state index in [0.29, 0.717) is 6.04 Å². The van der Waals surface area contributed by atoms with E-state index in [1.54, 1.807) is 0 Å². The first-order valence-electron chi connectivity index (χ1n) is 8.93. The van der Waals surface area contributed by atoms with Crippen LogP contribution in [0.4, 0.5) is 5.69 Å². The highest BCUT2D eigenvalue weighted by molar-refractivity contribution is 5.86. The van der Waals surface area contributed by atoms with Crippen molar-refractivity contribution in [2.75, 3.05) is 50.7 Å². The standard InChI is InChI=1S/C18H28N4.4ClH/c1-2-11-21(10-1)17-7-12-22(14-17)16-5-3-15(4-6-16)18-13-19-8-9-20-18;;;;/h3-6,17-20H,1-2,7-14H2;4*1H/t17-,18+;;;;/m0..../s1. The Morgan fingerprint density at radius 1 is 0.846 bits per heavy atom. The quantitative estimate of drug-likeness (QED) is 0.747. The molecule has 8 heteroatoms. The minimum absolute atomic E-state index is 0. The summed E-state index contributed by atoms with van der Waals surface area (Å²) in [4.78, 5) is 5.27. The molecule has 0 radical (unpaired) electrons. The number of benzene rings is 1. The topological polar surface area (TPSA) is 30.5 Å². The molecule has 0 saturated carbocycles. The number of rotatable bonds is 3. The van der Waals surface area contributed by atoms with Gasteiger partial charge in [-0.05, 0) is 50.0 Å². The summed E-state index contributed by atoms with van der Waals surface area (Å²) in [5.41, 5.74) is 2.81. The SMILES string of the molecule is Cl.Cl.Cl.Cl.c1cc(N2CC[C@H](N3CCCC3)C2)ccc1[C@H]1CNCCN1. The molecule has 1 aromatic carbocycles. The minimum Gasteiger partial charge on any atom is -0.370 e. The summed E-state index contributed by atoms with van der Waals surface area (Å²) in [6.07, 6.45) is 4.12. The maximum atomic E-state index is 3.59. The van der Waals surface area contributed by atoms with Crippen molar-refractivity contribution < 1.29 is 0 Å². The first-order chi connectivity index (χ1) is 10.9. The van der Waals surface area contributed by atoms with Crippen LogP contribution in [0, 0.1) is 0 Å². The predicted octanol–water partition coefficient (Wildman–Crippen LogP) is 3.28. The molecule has 4 nitrogen and oxygen atoms in total. The lowest BCUT2D eigenvalue weighted by molar-refractivity contribution is 0.260. The zero-order valence-electron chi connectivity index (χ0n) is 15.1. The van der Waals surface area contributed by atoms with E-state index >= 15 is 0 Å². The first-order valence-corrected chi connectivity index (χ1v) is 8.93. The Morgan fingerprint density at radius 2 is 1.54 bits per heavy atom. The second-order valence-corrected chi connectivity index (χ2v) is 6.93. The zero-order chi connectivity index (χ0) is 14.8. The lowest BCUT2D eigenvalue weighted by Crippen LogP contribution is -2.42. The molecule has 26 heavy (non-hydrogen) atoms. The predicted molar refractivity (Wildman–Crippen MR) is 120 cm³/mol. The number of hydrogen-bond donors (Lipinski definition) is 2. The molecule has 0 spiro atoms. The lowest BCUT2D eigenvalue weighted by Gasteiger charge is -2.26. The Balaban J connectivity index is 0.00000156. The van der Waals surface area contributed by atoms with Crippen LogP contribution >= 0.6 is 49.6 Å². The van der Waals surface area contributed by atoms with E-state index in [1.165, 1.54) is 56.7 Å². The molecule has 1 aromatic rings. The molecule has 3 saturated heterocycles. The van der Waals surface area contributed by atoms with E-state index in [9.17, 15) is 0 Å². The molecule has 2 N–H and O–H groups in total. The van der Waals surface area contributed by atoms with Crippen LogP contribution in [-0.4, -0.2) is 56.8 Å². The summed E-state index contributed by atoms with van der Waals surface area (Å²) in [5.74, 6) is 0. The Labute approximate surface area is 182 Å². The minimum atomic E-state index is 0. The average molecular weight is 446 g/mol. The fourth-order valence-corrected chi connectivity index (χ4v) is 4.19. The molecule has 0 bridgehead atoms. The Hall–Kier alpha value is 0.0600. The van der Waals surface area contributed by atoms with E-state index in [0.717, 1.165) is 25.7 Å². The Morgan fingerprint density at radius 3 is 2.15 bits per heavy atom. The fourth-order valence-electron chi connectivity index (χ4n) is 4.19. The van der Waals surface area contributed by atoms with Crippen molar-refractivity contribution in [3.05, 3.63) is 29.8 Å². The van der Waals surface area contributed by atoms with Crippen molar-refractivity contribution in [3.8, 4) is 0 Å². The van der Waals surface area contributed by atoms with Gasteiger partial charge in [-0.1, -0.05) is 12.1 Å². The van der Waals surface area contributed by atoms with Gasteiger partial charge in [0.15, 0.2) is 0 Å². The van der Waals surface area contributed by atoms with Gasteiger partial charge in [0.2, 0.25) is 0 Å². The summed E-state index contributed by atoms with van der Waals surface area (Å²) in [5, 5.41) is 7.05. The van der Waals surface area contributed by atoms with Gasteiger partial charge in [0.05, 0.1) is 0 Å². The van der Waals surface area contributed by atoms with E-state index in [-0.39, 0.29) is 49.6 Å². The van der Waals surface area contributed by atoms with E-state index < -0.39 is 0 Å². The smallest absolute Gasteiger partial charge is 0.0447 e. The summed E-state index contributed by atoms with van der Waals surface area (Å²) in [6.45, 7) is 8.25. The number of piperazine rings is 1. The van der Waals surface area contributed by atoms with Gasteiger partial charge in [-0.25, -0.2) is 0 Å². The highest BCUT2D eigenvalue weighted by atomic mass is 35.5. The van der Waals surface area contributed by atoms with Crippen molar-refractivity contribution in [2.45, 2.75) is 31.3 Å². The molecule has 2 atom stereocenters. The third-order valence-electron chi connectivity index (χ3n) is 5.52. The maximum Gasteiger partial charge on any atom is 0.0447 e. The van der Waals surface area contributed by atoms with E-state index in [1.807, 2.05) is 0 Å². The van der Waals surface area contributed by atoms with Crippen molar-refractivity contribution in [1.29, 1.82) is 0 Å². The first kappa shape index (κ1) is 26.1. The van der Waals surface area contributed by atoms with Crippen LogP contribution in [0.2, 0.25) is 0 Å². The van der Waals surface area contributed by atoms with Crippen LogP contribution in [-0.2, 0) is 0 Å². The number of likely N-dealkylation sites (tertiary alicyclic amines) is 1. The van der Waals surface area contributed by atoms with Crippen LogP contribution in [0.5, 0.6) is 0 Å². The maximum absolute atomic E-state index is 3.59. The van der Waals surface area contributed by atoms with E-state index in [4.69, 9.17) is 0 Å². The molecule has 3 heterocycles. The molecular formula is C18H32Cl4N4. The van der Waals surface area contributed by atoms with Crippen molar-refractivity contribution in [3.63, 3.8) is 0 Å². The average Bonchev–Trinajstić information content (AvgIpc) is 3.27. The highest BCUT2D eigenvalue weighted by Crippen LogP contribution is 2.26. The summed E-state index contributed by atoms with van der Waals surface area (Å²) in [6, 6.07) is 10.5. The fraction of sp³-hybridized carbons (Fsp3) is 0.667. The molecule has 0 aliphatic carbocycles. The number of hydrogen-bond acceptors (Lipinski definition) is 4. The second kappa shape index (κ2) is 12.5. The van der Waals surface area contributed by atoms with Crippen LogP contribution in [0.25, 0.3) is 0 Å². The molecule has 3 aliphatic rings. The van der Waals surface area contributed by atoms with Gasteiger partial charge in [-0.3, -0.25) is 4.90 Å². The molecule has 4 rings (SSSR count). The van der Waals surface area contributed by atoms with Crippen molar-refractivity contribution >= 4 is 55.3 Å². The number of halogens is 4. The number of nitrogens with one attached hydrogen (secondary N) is 2. The number of nitrogens with zero attached hydrogens (tertiary/aromatic N) is 2. The molecule has 0 aromatic heterocycles. The number of anilines is 1. The van der Waals surface area contributed by atoms with Gasteiger partial charge >= 0.3 is 0 Å². The summed E-state index contributed by atoms with van der Waals surface area (Å²) < 4.78 is 0. The molecule has 0 amide bonds. The normalized spacial score (nSPS) is 25.5. The highest BCUT2D eigenvalue weighted by Gasteiger charge is 2.29. The second-order valence-electron chi connectivity index (χ2n) is 6.93. The van der Waals surface area contributed by atoms with E-state index in [2.05, 4.69) is 44.7 Å². The van der Waals surface area contributed by atoms with Gasteiger partial charge in [-0.15, -0.1) is 49.6 Å².